The molecule has 0 heterocycles. The third kappa shape index (κ3) is 3.32. The smallest absolute Gasteiger partial charge is 0.228 e. The third-order valence-corrected chi connectivity index (χ3v) is 4.94. The van der Waals surface area contributed by atoms with Gasteiger partial charge in [-0.15, -0.1) is 0 Å². The van der Waals surface area contributed by atoms with E-state index in [1.807, 2.05) is 32.0 Å². The lowest BCUT2D eigenvalue weighted by atomic mass is 10.1. The van der Waals surface area contributed by atoms with Crippen LogP contribution in [0.1, 0.15) is 43.2 Å². The average molecular weight is 300 g/mol. The Bertz CT molecular complexity index is 591. The van der Waals surface area contributed by atoms with Crippen molar-refractivity contribution >= 4 is 17.5 Å². The number of nitrogens with one attached hydrogen (secondary N) is 2. The van der Waals surface area contributed by atoms with Gasteiger partial charge in [0.05, 0.1) is 11.8 Å². The number of anilines is 1. The van der Waals surface area contributed by atoms with Crippen LogP contribution in [-0.2, 0) is 9.59 Å². The molecule has 4 nitrogen and oxygen atoms in total. The number of hydrogen-bond donors (Lipinski definition) is 2. The largest absolute Gasteiger partial charge is 0.353 e. The lowest BCUT2D eigenvalue weighted by Gasteiger charge is -2.11. The van der Waals surface area contributed by atoms with Gasteiger partial charge in [0.25, 0.3) is 0 Å². The highest BCUT2D eigenvalue weighted by atomic mass is 16.2. The van der Waals surface area contributed by atoms with Crippen LogP contribution in [0.15, 0.2) is 18.2 Å². The third-order valence-electron chi connectivity index (χ3n) is 4.94. The van der Waals surface area contributed by atoms with Gasteiger partial charge in [0.2, 0.25) is 11.8 Å². The van der Waals surface area contributed by atoms with Crippen LogP contribution in [0.25, 0.3) is 0 Å². The maximum Gasteiger partial charge on any atom is 0.228 e. The maximum absolute atomic E-state index is 12.2. The topological polar surface area (TPSA) is 58.2 Å². The van der Waals surface area contributed by atoms with Crippen LogP contribution >= 0.6 is 0 Å². The molecule has 1 aromatic rings. The lowest BCUT2D eigenvalue weighted by Crippen LogP contribution is -2.34. The minimum absolute atomic E-state index is 0.0326. The molecule has 0 saturated heterocycles. The molecule has 4 heteroatoms. The summed E-state index contributed by atoms with van der Waals surface area (Å²) >= 11 is 0. The number of hydrogen-bond acceptors (Lipinski definition) is 2. The predicted octanol–water partition coefficient (Wildman–Crippen LogP) is 2.94. The molecule has 2 saturated carbocycles. The van der Waals surface area contributed by atoms with Crippen LogP contribution in [0.2, 0.25) is 0 Å². The van der Waals surface area contributed by atoms with Crippen LogP contribution in [-0.4, -0.2) is 17.9 Å². The molecule has 2 aliphatic rings. The van der Waals surface area contributed by atoms with Crippen LogP contribution in [0.5, 0.6) is 0 Å². The Kier molecular flexibility index (Phi) is 4.19. The van der Waals surface area contributed by atoms with Crippen LogP contribution in [0.4, 0.5) is 5.69 Å². The molecule has 0 aliphatic heterocycles. The van der Waals surface area contributed by atoms with E-state index in [-0.39, 0.29) is 23.7 Å². The van der Waals surface area contributed by atoms with E-state index in [1.165, 1.54) is 18.4 Å². The van der Waals surface area contributed by atoms with Gasteiger partial charge in [-0.1, -0.05) is 18.9 Å². The summed E-state index contributed by atoms with van der Waals surface area (Å²) in [4.78, 5) is 24.4. The Morgan fingerprint density at radius 3 is 2.36 bits per heavy atom. The quantitative estimate of drug-likeness (QED) is 0.898. The lowest BCUT2D eigenvalue weighted by molar-refractivity contribution is -0.125. The van der Waals surface area contributed by atoms with Crippen LogP contribution < -0.4 is 10.6 Å². The van der Waals surface area contributed by atoms with E-state index in [0.717, 1.165) is 24.1 Å². The summed E-state index contributed by atoms with van der Waals surface area (Å²) in [6.07, 6.45) is 5.24. The Balaban J connectivity index is 1.51. The first kappa shape index (κ1) is 15.1. The van der Waals surface area contributed by atoms with E-state index in [4.69, 9.17) is 0 Å². The number of carbonyl (C=O) groups is 2. The molecule has 2 atom stereocenters. The molecular weight excluding hydrogens is 276 g/mol. The van der Waals surface area contributed by atoms with Crippen molar-refractivity contribution in [3.05, 3.63) is 29.3 Å². The minimum atomic E-state index is -0.164. The first-order valence-corrected chi connectivity index (χ1v) is 8.23. The van der Waals surface area contributed by atoms with Crippen molar-refractivity contribution < 1.29 is 9.59 Å². The summed E-state index contributed by atoms with van der Waals surface area (Å²) in [6.45, 7) is 4.07. The molecule has 2 unspecified atom stereocenters. The molecule has 0 radical (unpaired) electrons. The Morgan fingerprint density at radius 2 is 1.68 bits per heavy atom. The van der Waals surface area contributed by atoms with Gasteiger partial charge < -0.3 is 10.6 Å². The highest BCUT2D eigenvalue weighted by Crippen LogP contribution is 2.40. The van der Waals surface area contributed by atoms with Gasteiger partial charge >= 0.3 is 0 Å². The highest BCUT2D eigenvalue weighted by Gasteiger charge is 2.48. The van der Waals surface area contributed by atoms with Crippen molar-refractivity contribution in [3.63, 3.8) is 0 Å². The number of amides is 2. The zero-order valence-electron chi connectivity index (χ0n) is 13.3. The van der Waals surface area contributed by atoms with Crippen molar-refractivity contribution in [1.82, 2.24) is 5.32 Å². The zero-order chi connectivity index (χ0) is 15.7. The zero-order valence-corrected chi connectivity index (χ0v) is 13.3. The molecule has 2 amide bonds. The molecule has 2 fully saturated rings. The standard InChI is InChI=1S/C18H24N2O2/c1-11-7-8-14(9-12(11)2)20-18(22)16-10-15(16)17(21)19-13-5-3-4-6-13/h7-9,13,15-16H,3-6,10H2,1-2H3,(H,19,21)(H,20,22). The first-order valence-electron chi connectivity index (χ1n) is 8.23. The summed E-state index contributed by atoms with van der Waals surface area (Å²) in [5, 5.41) is 6.02. The number of carbonyl (C=O) groups excluding carboxylic acids is 2. The van der Waals surface area contributed by atoms with E-state index >= 15 is 0 Å². The van der Waals surface area contributed by atoms with Gasteiger partial charge in [0.1, 0.15) is 0 Å². The molecule has 3 rings (SSSR count). The van der Waals surface area contributed by atoms with Crippen molar-refractivity contribution in [2.24, 2.45) is 11.8 Å². The average Bonchev–Trinajstić information content (AvgIpc) is 3.14. The minimum Gasteiger partial charge on any atom is -0.353 e. The number of aryl methyl sites for hydroxylation is 2. The van der Waals surface area contributed by atoms with E-state index in [1.54, 1.807) is 0 Å². The maximum atomic E-state index is 12.2. The molecule has 0 spiro atoms. The van der Waals surface area contributed by atoms with Gasteiger partial charge in [-0.25, -0.2) is 0 Å². The molecule has 2 N–H and O–H groups in total. The number of benzene rings is 1. The monoisotopic (exact) mass is 300 g/mol. The van der Waals surface area contributed by atoms with Gasteiger partial charge in [0.15, 0.2) is 0 Å². The van der Waals surface area contributed by atoms with Gasteiger partial charge in [-0.3, -0.25) is 9.59 Å². The fourth-order valence-electron chi connectivity index (χ4n) is 3.21. The summed E-state index contributed by atoms with van der Waals surface area (Å²) < 4.78 is 0. The molecule has 0 bridgehead atoms. The van der Waals surface area contributed by atoms with Gasteiger partial charge in [-0.05, 0) is 56.4 Å². The van der Waals surface area contributed by atoms with E-state index in [9.17, 15) is 9.59 Å². The number of rotatable bonds is 4. The summed E-state index contributed by atoms with van der Waals surface area (Å²) in [5.41, 5.74) is 3.18. The molecule has 0 aromatic heterocycles. The van der Waals surface area contributed by atoms with Crippen LogP contribution in [0, 0.1) is 25.7 Å². The van der Waals surface area contributed by atoms with E-state index in [2.05, 4.69) is 10.6 Å². The molecule has 1 aromatic carbocycles. The molecule has 2 aliphatic carbocycles. The first-order chi connectivity index (χ1) is 10.5. The van der Waals surface area contributed by atoms with E-state index in [0.29, 0.717) is 12.5 Å². The summed E-state index contributed by atoms with van der Waals surface area (Å²) in [5.74, 6) is -0.267. The normalized spacial score (nSPS) is 24.1. The van der Waals surface area contributed by atoms with Gasteiger partial charge in [0, 0.05) is 11.7 Å². The predicted molar refractivity (Wildman–Crippen MR) is 86.5 cm³/mol. The highest BCUT2D eigenvalue weighted by molar-refractivity contribution is 5.99. The molecule has 118 valence electrons. The van der Waals surface area contributed by atoms with E-state index < -0.39 is 0 Å². The second-order valence-electron chi connectivity index (χ2n) is 6.73. The van der Waals surface area contributed by atoms with Crippen molar-refractivity contribution in [2.45, 2.75) is 52.0 Å². The fraction of sp³-hybridized carbons (Fsp3) is 0.556. The second-order valence-corrected chi connectivity index (χ2v) is 6.73. The van der Waals surface area contributed by atoms with Crippen molar-refractivity contribution in [3.8, 4) is 0 Å². The Hall–Kier alpha value is -1.84. The summed E-state index contributed by atoms with van der Waals surface area (Å²) in [7, 11) is 0. The van der Waals surface area contributed by atoms with Gasteiger partial charge in [-0.2, -0.15) is 0 Å². The SMILES string of the molecule is Cc1ccc(NC(=O)C2CC2C(=O)NC2CCCC2)cc1C. The molecular formula is C18H24N2O2. The van der Waals surface area contributed by atoms with Crippen LogP contribution in [0.3, 0.4) is 0 Å². The Labute approximate surface area is 131 Å². The van der Waals surface area contributed by atoms with Crippen molar-refractivity contribution in [1.29, 1.82) is 0 Å². The summed E-state index contributed by atoms with van der Waals surface area (Å²) in [6, 6.07) is 6.22. The Morgan fingerprint density at radius 1 is 1.00 bits per heavy atom. The van der Waals surface area contributed by atoms with Crippen molar-refractivity contribution in [2.75, 3.05) is 5.32 Å². The molecule has 22 heavy (non-hydrogen) atoms. The second kappa shape index (κ2) is 6.11. The fourth-order valence-corrected chi connectivity index (χ4v) is 3.21.